The van der Waals surface area contributed by atoms with E-state index in [2.05, 4.69) is 0 Å². The maximum Gasteiger partial charge on any atom is 0.232 e. The summed E-state index contributed by atoms with van der Waals surface area (Å²) in [4.78, 5) is 14.4. The largest absolute Gasteiger partial charge is 0.363 e. The Balaban J connectivity index is 1.78. The first-order valence-electron chi connectivity index (χ1n) is 6.42. The van der Waals surface area contributed by atoms with E-state index in [1.54, 1.807) is 4.90 Å². The molecule has 1 unspecified atom stereocenters. The van der Waals surface area contributed by atoms with E-state index in [-0.39, 0.29) is 29.4 Å². The van der Waals surface area contributed by atoms with Gasteiger partial charge in [-0.1, -0.05) is 0 Å². The van der Waals surface area contributed by atoms with Gasteiger partial charge in [0.25, 0.3) is 0 Å². The number of carbonyl (C=O) groups excluding carboxylic acids is 1. The van der Waals surface area contributed by atoms with Crippen LogP contribution in [0.15, 0.2) is 0 Å². The topological polar surface area (TPSA) is 51.3 Å². The van der Waals surface area contributed by atoms with Crippen molar-refractivity contribution in [1.29, 1.82) is 0 Å². The Morgan fingerprint density at radius 3 is 2.94 bits per heavy atom. The van der Waals surface area contributed by atoms with E-state index in [9.17, 15) is 4.79 Å². The van der Waals surface area contributed by atoms with E-state index in [0.717, 1.165) is 0 Å². The summed E-state index contributed by atoms with van der Waals surface area (Å²) in [6.45, 7) is 5.07. The van der Waals surface area contributed by atoms with Gasteiger partial charge in [-0.25, -0.2) is 0 Å². The van der Waals surface area contributed by atoms with Gasteiger partial charge in [-0.2, -0.15) is 0 Å². The first-order chi connectivity index (χ1) is 8.47. The average molecular weight is 272 g/mol. The number of halogens is 1. The van der Waals surface area contributed by atoms with Crippen molar-refractivity contribution in [1.82, 2.24) is 4.90 Å². The molecule has 0 aliphatic carbocycles. The third-order valence-corrected chi connectivity index (χ3v) is 6.33. The van der Waals surface area contributed by atoms with E-state index >= 15 is 0 Å². The van der Waals surface area contributed by atoms with Gasteiger partial charge in [-0.05, 0) is 13.8 Å². The Morgan fingerprint density at radius 2 is 2.17 bits per heavy atom. The highest BCUT2D eigenvalue weighted by atomic mass is 35.5. The molecule has 5 aliphatic rings. The van der Waals surface area contributed by atoms with Gasteiger partial charge in [0.15, 0.2) is 11.3 Å². The molecule has 0 saturated carbocycles. The minimum absolute atomic E-state index is 0.0185. The Hall–Kier alpha value is -0.360. The van der Waals surface area contributed by atoms with Crippen LogP contribution in [0.4, 0.5) is 0 Å². The zero-order valence-corrected chi connectivity index (χ0v) is 10.9. The molecular formula is C12H14ClNO4. The maximum atomic E-state index is 12.6. The first-order valence-corrected chi connectivity index (χ1v) is 6.85. The van der Waals surface area contributed by atoms with Crippen LogP contribution in [0.2, 0.25) is 0 Å². The molecule has 1 amide bonds. The van der Waals surface area contributed by atoms with Crippen molar-refractivity contribution in [3.63, 3.8) is 0 Å². The SMILES string of the molecule is CC12OCCN1C(=O)[C@@H]1[C@@H](Cl)[C@@]3(C)O[C@@]12[C@H]1O[C@H]13. The normalized spacial score (nSPS) is 67.3. The molecule has 0 aromatic carbocycles. The van der Waals surface area contributed by atoms with Crippen molar-refractivity contribution < 1.29 is 19.0 Å². The number of epoxide rings is 1. The van der Waals surface area contributed by atoms with E-state index in [1.165, 1.54) is 0 Å². The number of amides is 1. The number of rotatable bonds is 0. The lowest BCUT2D eigenvalue weighted by atomic mass is 9.72. The molecule has 5 nitrogen and oxygen atoms in total. The lowest BCUT2D eigenvalue weighted by Gasteiger charge is -2.39. The predicted molar refractivity (Wildman–Crippen MR) is 60.1 cm³/mol. The molecule has 6 heteroatoms. The molecule has 98 valence electrons. The van der Waals surface area contributed by atoms with Gasteiger partial charge >= 0.3 is 0 Å². The van der Waals surface area contributed by atoms with Crippen molar-refractivity contribution in [2.75, 3.05) is 13.2 Å². The van der Waals surface area contributed by atoms with E-state index in [1.807, 2.05) is 13.8 Å². The fraction of sp³-hybridized carbons (Fsp3) is 0.917. The van der Waals surface area contributed by atoms with Crippen LogP contribution in [0, 0.1) is 5.92 Å². The zero-order chi connectivity index (χ0) is 12.5. The van der Waals surface area contributed by atoms with Crippen molar-refractivity contribution in [2.45, 2.75) is 48.4 Å². The van der Waals surface area contributed by atoms with Crippen LogP contribution in [0.1, 0.15) is 13.8 Å². The first kappa shape index (κ1) is 10.4. The lowest BCUT2D eigenvalue weighted by molar-refractivity contribution is -0.220. The summed E-state index contributed by atoms with van der Waals surface area (Å²) < 4.78 is 18.0. The Labute approximate surface area is 109 Å². The van der Waals surface area contributed by atoms with Gasteiger partial charge < -0.3 is 19.1 Å². The second-order valence-electron chi connectivity index (χ2n) is 6.26. The molecule has 7 atom stereocenters. The molecule has 5 aliphatic heterocycles. The molecule has 0 radical (unpaired) electrons. The van der Waals surface area contributed by atoms with Crippen LogP contribution in [-0.4, -0.2) is 58.5 Å². The Morgan fingerprint density at radius 1 is 1.39 bits per heavy atom. The number of hydrogen-bond acceptors (Lipinski definition) is 4. The predicted octanol–water partition coefficient (Wildman–Crippen LogP) is 0.107. The molecule has 5 heterocycles. The van der Waals surface area contributed by atoms with Crippen LogP contribution >= 0.6 is 11.6 Å². The molecule has 0 aromatic rings. The lowest BCUT2D eigenvalue weighted by Crippen LogP contribution is -2.58. The molecular weight excluding hydrogens is 258 g/mol. The number of hydrogen-bond donors (Lipinski definition) is 0. The number of carbonyl (C=O) groups is 1. The molecule has 5 rings (SSSR count). The van der Waals surface area contributed by atoms with Gasteiger partial charge in [-0.3, -0.25) is 4.79 Å². The van der Waals surface area contributed by atoms with Gasteiger partial charge in [0, 0.05) is 6.54 Å². The Kier molecular flexibility index (Phi) is 1.43. The number of fused-ring (bicyclic) bond motifs is 4. The summed E-state index contributed by atoms with van der Waals surface area (Å²) in [6.07, 6.45) is -0.0235. The van der Waals surface area contributed by atoms with Gasteiger partial charge in [0.2, 0.25) is 5.91 Å². The minimum Gasteiger partial charge on any atom is -0.363 e. The van der Waals surface area contributed by atoms with Crippen LogP contribution in [0.5, 0.6) is 0 Å². The van der Waals surface area contributed by atoms with E-state index < -0.39 is 16.9 Å². The number of alkyl halides is 1. The van der Waals surface area contributed by atoms with Gasteiger partial charge in [-0.15, -0.1) is 11.6 Å². The third kappa shape index (κ3) is 0.691. The second kappa shape index (κ2) is 2.46. The molecule has 0 N–H and O–H groups in total. The standard InChI is InChI=1S/C12H14ClNO4/c1-10-6(13)5-9(15)14-3-4-16-11(14,2)12(5,18-10)8-7(10)17-8/h5-8H,3-4H2,1-2H3/t5-,6+,7+,8-,10+,11?,12+/m0/s1. The summed E-state index contributed by atoms with van der Waals surface area (Å²) in [6, 6.07) is 0. The molecule has 1 spiro atoms. The highest BCUT2D eigenvalue weighted by molar-refractivity contribution is 6.24. The fourth-order valence-electron chi connectivity index (χ4n) is 4.75. The van der Waals surface area contributed by atoms with Gasteiger partial charge in [0.1, 0.15) is 17.8 Å². The highest BCUT2D eigenvalue weighted by Crippen LogP contribution is 2.72. The molecule has 0 aromatic heterocycles. The van der Waals surface area contributed by atoms with E-state index in [4.69, 9.17) is 25.8 Å². The summed E-state index contributed by atoms with van der Waals surface area (Å²) >= 11 is 6.53. The number of nitrogens with zero attached hydrogens (tertiary/aromatic N) is 1. The Bertz CT molecular complexity index is 500. The van der Waals surface area contributed by atoms with Crippen molar-refractivity contribution in [3.05, 3.63) is 0 Å². The van der Waals surface area contributed by atoms with Crippen molar-refractivity contribution >= 4 is 17.5 Å². The van der Waals surface area contributed by atoms with Crippen LogP contribution in [0.3, 0.4) is 0 Å². The summed E-state index contributed by atoms with van der Waals surface area (Å²) in [7, 11) is 0. The molecule has 5 fully saturated rings. The fourth-order valence-corrected chi connectivity index (χ4v) is 5.21. The second-order valence-corrected chi connectivity index (χ2v) is 6.73. The van der Waals surface area contributed by atoms with Gasteiger partial charge in [0.05, 0.1) is 17.9 Å². The monoisotopic (exact) mass is 271 g/mol. The van der Waals surface area contributed by atoms with Crippen LogP contribution in [-0.2, 0) is 19.0 Å². The average Bonchev–Trinajstić information content (AvgIpc) is 2.85. The molecule has 5 saturated heterocycles. The third-order valence-electron chi connectivity index (χ3n) is 5.64. The van der Waals surface area contributed by atoms with Crippen molar-refractivity contribution in [3.8, 4) is 0 Å². The van der Waals surface area contributed by atoms with E-state index in [0.29, 0.717) is 13.2 Å². The summed E-state index contributed by atoms with van der Waals surface area (Å²) in [5.74, 6) is -0.272. The minimum atomic E-state index is -0.713. The molecule has 18 heavy (non-hydrogen) atoms. The summed E-state index contributed by atoms with van der Waals surface area (Å²) in [5.41, 5.74) is -1.96. The van der Waals surface area contributed by atoms with Crippen LogP contribution < -0.4 is 0 Å². The zero-order valence-electron chi connectivity index (χ0n) is 10.2. The molecule has 2 bridgehead atoms. The number of ether oxygens (including phenoxy) is 3. The summed E-state index contributed by atoms with van der Waals surface area (Å²) in [5, 5.41) is -0.334. The highest BCUT2D eigenvalue weighted by Gasteiger charge is 2.92. The van der Waals surface area contributed by atoms with Crippen LogP contribution in [0.25, 0.3) is 0 Å². The quantitative estimate of drug-likeness (QED) is 0.463. The smallest absolute Gasteiger partial charge is 0.232 e. The van der Waals surface area contributed by atoms with Crippen molar-refractivity contribution in [2.24, 2.45) is 5.92 Å². The maximum absolute atomic E-state index is 12.6.